The lowest BCUT2D eigenvalue weighted by atomic mass is 10.0. The Bertz CT molecular complexity index is 568. The molecule has 1 atom stereocenters. The van der Waals surface area contributed by atoms with E-state index in [-0.39, 0.29) is 11.6 Å². The van der Waals surface area contributed by atoms with Crippen molar-refractivity contribution < 1.29 is 23.0 Å². The van der Waals surface area contributed by atoms with E-state index >= 15 is 0 Å². The van der Waals surface area contributed by atoms with Crippen LogP contribution in [-0.2, 0) is 6.18 Å². The first-order chi connectivity index (χ1) is 9.41. The maximum Gasteiger partial charge on any atom is 0.416 e. The predicted molar refractivity (Wildman–Crippen MR) is 64.1 cm³/mol. The zero-order valence-electron chi connectivity index (χ0n) is 10.4. The molecule has 1 aromatic heterocycles. The van der Waals surface area contributed by atoms with Crippen LogP contribution >= 0.6 is 0 Å². The lowest BCUT2D eigenvalue weighted by Crippen LogP contribution is -2.07. The zero-order chi connectivity index (χ0) is 14.8. The van der Waals surface area contributed by atoms with Crippen molar-refractivity contribution in [1.29, 1.82) is 0 Å². The van der Waals surface area contributed by atoms with Gasteiger partial charge in [-0.05, 0) is 23.8 Å². The summed E-state index contributed by atoms with van der Waals surface area (Å²) in [7, 11) is 1.43. The maximum atomic E-state index is 12.4. The molecule has 0 saturated heterocycles. The molecule has 0 bridgehead atoms. The van der Waals surface area contributed by atoms with Crippen LogP contribution in [0.15, 0.2) is 36.4 Å². The normalized spacial score (nSPS) is 13.1. The molecule has 1 N–H and O–H groups in total. The first-order valence-electron chi connectivity index (χ1n) is 5.64. The van der Waals surface area contributed by atoms with E-state index in [1.54, 1.807) is 0 Å². The summed E-state index contributed by atoms with van der Waals surface area (Å²) in [6, 6.07) is 7.24. The second-order valence-electron chi connectivity index (χ2n) is 4.02. The Morgan fingerprint density at radius 3 is 2.15 bits per heavy atom. The highest BCUT2D eigenvalue weighted by Gasteiger charge is 2.30. The third kappa shape index (κ3) is 3.05. The lowest BCUT2D eigenvalue weighted by Gasteiger charge is -2.12. The molecular weight excluding hydrogens is 273 g/mol. The molecule has 1 heterocycles. The summed E-state index contributed by atoms with van der Waals surface area (Å²) in [6.07, 6.45) is -5.54. The summed E-state index contributed by atoms with van der Waals surface area (Å²) in [6.45, 7) is 0. The number of methoxy groups -OCH3 is 1. The van der Waals surface area contributed by atoms with Crippen LogP contribution in [-0.4, -0.2) is 22.4 Å². The number of aromatic nitrogens is 2. The summed E-state index contributed by atoms with van der Waals surface area (Å²) in [5.41, 5.74) is -0.239. The van der Waals surface area contributed by atoms with Crippen LogP contribution in [0.4, 0.5) is 13.2 Å². The van der Waals surface area contributed by atoms with Gasteiger partial charge in [0.15, 0.2) is 0 Å². The SMILES string of the molecule is COc1ccc(C(O)c2ccc(C(F)(F)F)cc2)nn1. The van der Waals surface area contributed by atoms with Crippen LogP contribution < -0.4 is 4.74 Å². The summed E-state index contributed by atoms with van der Waals surface area (Å²) < 4.78 is 42.1. The predicted octanol–water partition coefficient (Wildman–Crippen LogP) is 2.59. The zero-order valence-corrected chi connectivity index (χ0v) is 10.4. The van der Waals surface area contributed by atoms with Crippen LogP contribution in [0, 0.1) is 0 Å². The molecule has 2 rings (SSSR count). The summed E-state index contributed by atoms with van der Waals surface area (Å²) in [5, 5.41) is 17.5. The summed E-state index contributed by atoms with van der Waals surface area (Å²) in [4.78, 5) is 0. The molecule has 0 amide bonds. The van der Waals surface area contributed by atoms with Crippen molar-refractivity contribution in [3.63, 3.8) is 0 Å². The van der Waals surface area contributed by atoms with E-state index in [1.165, 1.54) is 31.4 Å². The molecule has 0 fully saturated rings. The molecule has 0 aliphatic rings. The molecule has 20 heavy (non-hydrogen) atoms. The number of aliphatic hydroxyl groups excluding tert-OH is 1. The van der Waals surface area contributed by atoms with Gasteiger partial charge in [-0.3, -0.25) is 0 Å². The van der Waals surface area contributed by atoms with Gasteiger partial charge in [-0.15, -0.1) is 10.2 Å². The Morgan fingerprint density at radius 2 is 1.70 bits per heavy atom. The van der Waals surface area contributed by atoms with Crippen LogP contribution in [0.2, 0.25) is 0 Å². The molecule has 0 radical (unpaired) electrons. The van der Waals surface area contributed by atoms with Gasteiger partial charge in [0.1, 0.15) is 6.10 Å². The van der Waals surface area contributed by atoms with Crippen molar-refractivity contribution >= 4 is 0 Å². The molecule has 2 aromatic rings. The van der Waals surface area contributed by atoms with Crippen molar-refractivity contribution in [2.24, 2.45) is 0 Å². The first-order valence-corrected chi connectivity index (χ1v) is 5.64. The molecular formula is C13H11F3N2O2. The number of aliphatic hydroxyl groups is 1. The van der Waals surface area contributed by atoms with Gasteiger partial charge in [0.2, 0.25) is 5.88 Å². The fourth-order valence-electron chi connectivity index (χ4n) is 1.61. The van der Waals surface area contributed by atoms with Crippen LogP contribution in [0.5, 0.6) is 5.88 Å². The number of nitrogens with zero attached hydrogens (tertiary/aromatic N) is 2. The lowest BCUT2D eigenvalue weighted by molar-refractivity contribution is -0.137. The van der Waals surface area contributed by atoms with Gasteiger partial charge in [0.25, 0.3) is 0 Å². The molecule has 1 unspecified atom stereocenters. The molecule has 0 saturated carbocycles. The number of rotatable bonds is 3. The fourth-order valence-corrected chi connectivity index (χ4v) is 1.61. The number of alkyl halides is 3. The van der Waals surface area contributed by atoms with Crippen molar-refractivity contribution in [2.75, 3.05) is 7.11 Å². The average Bonchev–Trinajstić information content (AvgIpc) is 2.46. The number of hydrogen-bond acceptors (Lipinski definition) is 4. The molecule has 0 aliphatic carbocycles. The molecule has 4 nitrogen and oxygen atoms in total. The minimum Gasteiger partial charge on any atom is -0.480 e. The number of benzene rings is 1. The van der Waals surface area contributed by atoms with E-state index in [1.807, 2.05) is 0 Å². The first kappa shape index (κ1) is 14.3. The Morgan fingerprint density at radius 1 is 1.05 bits per heavy atom. The van der Waals surface area contributed by atoms with Gasteiger partial charge in [-0.25, -0.2) is 0 Å². The Kier molecular flexibility index (Phi) is 3.89. The quantitative estimate of drug-likeness (QED) is 0.941. The molecule has 106 valence electrons. The van der Waals surface area contributed by atoms with Gasteiger partial charge >= 0.3 is 6.18 Å². The minimum absolute atomic E-state index is 0.227. The number of halogens is 3. The van der Waals surface area contributed by atoms with E-state index in [2.05, 4.69) is 10.2 Å². The average molecular weight is 284 g/mol. The molecule has 0 aliphatic heterocycles. The highest BCUT2D eigenvalue weighted by Crippen LogP contribution is 2.30. The van der Waals surface area contributed by atoms with Crippen molar-refractivity contribution in [3.05, 3.63) is 53.2 Å². The highest BCUT2D eigenvalue weighted by atomic mass is 19.4. The van der Waals surface area contributed by atoms with E-state index in [0.717, 1.165) is 12.1 Å². The Balaban J connectivity index is 2.22. The van der Waals surface area contributed by atoms with Crippen LogP contribution in [0.3, 0.4) is 0 Å². The molecule has 1 aromatic carbocycles. The largest absolute Gasteiger partial charge is 0.480 e. The maximum absolute atomic E-state index is 12.4. The van der Waals surface area contributed by atoms with Crippen LogP contribution in [0.1, 0.15) is 22.9 Å². The second-order valence-corrected chi connectivity index (χ2v) is 4.02. The van der Waals surface area contributed by atoms with E-state index in [0.29, 0.717) is 5.56 Å². The molecule has 7 heteroatoms. The Labute approximate surface area is 112 Å². The minimum atomic E-state index is -4.40. The van der Waals surface area contributed by atoms with E-state index in [9.17, 15) is 18.3 Å². The van der Waals surface area contributed by atoms with Gasteiger partial charge in [0.05, 0.1) is 18.4 Å². The highest BCUT2D eigenvalue weighted by molar-refractivity contribution is 5.30. The summed E-state index contributed by atoms with van der Waals surface area (Å²) in [5.74, 6) is 0.286. The van der Waals surface area contributed by atoms with Crippen molar-refractivity contribution in [3.8, 4) is 5.88 Å². The number of ether oxygens (including phenoxy) is 1. The van der Waals surface area contributed by atoms with Gasteiger partial charge in [-0.2, -0.15) is 13.2 Å². The third-order valence-corrected chi connectivity index (χ3v) is 2.70. The van der Waals surface area contributed by atoms with E-state index in [4.69, 9.17) is 4.74 Å². The number of hydrogen-bond donors (Lipinski definition) is 1. The van der Waals surface area contributed by atoms with Crippen molar-refractivity contribution in [2.45, 2.75) is 12.3 Å². The Hall–Kier alpha value is -2.15. The van der Waals surface area contributed by atoms with Gasteiger partial charge < -0.3 is 9.84 Å². The van der Waals surface area contributed by atoms with Crippen molar-refractivity contribution in [1.82, 2.24) is 10.2 Å². The van der Waals surface area contributed by atoms with Gasteiger partial charge in [0, 0.05) is 6.07 Å². The third-order valence-electron chi connectivity index (χ3n) is 2.70. The fraction of sp³-hybridized carbons (Fsp3) is 0.231. The monoisotopic (exact) mass is 284 g/mol. The standard InChI is InChI=1S/C13H11F3N2O2/c1-20-11-7-6-10(17-18-11)12(19)8-2-4-9(5-3-8)13(14,15)16/h2-7,12,19H,1H3. The smallest absolute Gasteiger partial charge is 0.416 e. The van der Waals surface area contributed by atoms with Gasteiger partial charge in [-0.1, -0.05) is 12.1 Å². The van der Waals surface area contributed by atoms with E-state index < -0.39 is 17.8 Å². The second kappa shape index (κ2) is 5.46. The summed E-state index contributed by atoms with van der Waals surface area (Å²) >= 11 is 0. The topological polar surface area (TPSA) is 55.2 Å². The molecule has 0 spiro atoms. The van der Waals surface area contributed by atoms with Crippen LogP contribution in [0.25, 0.3) is 0 Å².